The Morgan fingerprint density at radius 3 is 1.86 bits per heavy atom. The van der Waals surface area contributed by atoms with Crippen molar-refractivity contribution in [2.45, 2.75) is 6.92 Å². The fourth-order valence-electron chi connectivity index (χ4n) is 2.59. The molecule has 3 rings (SSSR count). The largest absolute Gasteiger partial charge is 0.356 e. The van der Waals surface area contributed by atoms with Gasteiger partial charge in [-0.1, -0.05) is 48.5 Å². The molecule has 0 unspecified atom stereocenters. The van der Waals surface area contributed by atoms with E-state index in [9.17, 15) is 9.59 Å². The summed E-state index contributed by atoms with van der Waals surface area (Å²) in [5.41, 5.74) is 3.53. The Balaban J connectivity index is 1.70. The molecule has 0 aromatic heterocycles. The molecule has 0 saturated heterocycles. The van der Waals surface area contributed by atoms with E-state index in [1.807, 2.05) is 72.8 Å². The predicted molar refractivity (Wildman–Crippen MR) is 113 cm³/mol. The molecule has 2 amide bonds. The standard InChI is InChI=1S/C23H21N3O2/c1-17(27)24-22(16-18-8-4-2-5-9-18)23(28)26-21-14-12-20(13-15-21)25-19-10-6-3-7-11-19/h2-16,25H,1H3,(H,24,27)(H,26,28). The fraction of sp³-hybridized carbons (Fsp3) is 0.0435. The first kappa shape index (κ1) is 18.9. The van der Waals surface area contributed by atoms with E-state index in [1.54, 1.807) is 18.2 Å². The molecule has 3 aromatic rings. The first-order chi connectivity index (χ1) is 13.6. The van der Waals surface area contributed by atoms with Crippen LogP contribution in [0.2, 0.25) is 0 Å². The van der Waals surface area contributed by atoms with Gasteiger partial charge in [-0.15, -0.1) is 0 Å². The molecule has 140 valence electrons. The highest BCUT2D eigenvalue weighted by molar-refractivity contribution is 6.08. The number of hydrogen-bond acceptors (Lipinski definition) is 3. The first-order valence-electron chi connectivity index (χ1n) is 8.88. The minimum absolute atomic E-state index is 0.185. The first-order valence-corrected chi connectivity index (χ1v) is 8.88. The van der Waals surface area contributed by atoms with Crippen LogP contribution >= 0.6 is 0 Å². The highest BCUT2D eigenvalue weighted by Crippen LogP contribution is 2.19. The van der Waals surface area contributed by atoms with Crippen molar-refractivity contribution in [3.05, 3.63) is 96.2 Å². The third kappa shape index (κ3) is 5.57. The van der Waals surface area contributed by atoms with Crippen LogP contribution < -0.4 is 16.0 Å². The summed E-state index contributed by atoms with van der Waals surface area (Å²) in [5, 5.41) is 8.68. The van der Waals surface area contributed by atoms with E-state index in [4.69, 9.17) is 0 Å². The van der Waals surface area contributed by atoms with Crippen LogP contribution in [-0.2, 0) is 9.59 Å². The van der Waals surface area contributed by atoms with Crippen LogP contribution in [0.4, 0.5) is 17.1 Å². The van der Waals surface area contributed by atoms with Crippen LogP contribution in [-0.4, -0.2) is 11.8 Å². The number of para-hydroxylation sites is 1. The molecule has 0 saturated carbocycles. The van der Waals surface area contributed by atoms with E-state index in [0.29, 0.717) is 5.69 Å². The summed E-state index contributed by atoms with van der Waals surface area (Å²) in [7, 11) is 0. The SMILES string of the molecule is CC(=O)NC(=Cc1ccccc1)C(=O)Nc1ccc(Nc2ccccc2)cc1. The molecule has 0 aliphatic carbocycles. The van der Waals surface area contributed by atoms with Crippen molar-refractivity contribution < 1.29 is 9.59 Å². The van der Waals surface area contributed by atoms with Gasteiger partial charge in [-0.05, 0) is 48.0 Å². The second kappa shape index (κ2) is 9.19. The molecule has 0 atom stereocenters. The van der Waals surface area contributed by atoms with E-state index in [1.165, 1.54) is 6.92 Å². The third-order valence-corrected chi connectivity index (χ3v) is 3.87. The van der Waals surface area contributed by atoms with Crippen LogP contribution in [0, 0.1) is 0 Å². The summed E-state index contributed by atoms with van der Waals surface area (Å²) in [6.07, 6.45) is 1.64. The average Bonchev–Trinajstić information content (AvgIpc) is 2.70. The van der Waals surface area contributed by atoms with Crippen molar-refractivity contribution in [1.29, 1.82) is 0 Å². The summed E-state index contributed by atoms with van der Waals surface area (Å²) >= 11 is 0. The fourth-order valence-corrected chi connectivity index (χ4v) is 2.59. The minimum atomic E-state index is -0.386. The maximum absolute atomic E-state index is 12.6. The summed E-state index contributed by atoms with van der Waals surface area (Å²) in [6.45, 7) is 1.37. The molecular weight excluding hydrogens is 350 g/mol. The number of nitrogens with one attached hydrogen (secondary N) is 3. The van der Waals surface area contributed by atoms with Gasteiger partial charge in [0.2, 0.25) is 5.91 Å². The van der Waals surface area contributed by atoms with Gasteiger partial charge in [-0.3, -0.25) is 9.59 Å². The third-order valence-electron chi connectivity index (χ3n) is 3.87. The zero-order valence-corrected chi connectivity index (χ0v) is 15.5. The number of amides is 2. The second-order valence-corrected chi connectivity index (χ2v) is 6.17. The van der Waals surface area contributed by atoms with E-state index in [2.05, 4.69) is 16.0 Å². The van der Waals surface area contributed by atoms with Crippen LogP contribution in [0.15, 0.2) is 90.6 Å². The Hall–Kier alpha value is -3.86. The van der Waals surface area contributed by atoms with Crippen molar-refractivity contribution in [3.8, 4) is 0 Å². The highest BCUT2D eigenvalue weighted by atomic mass is 16.2. The van der Waals surface area contributed by atoms with Gasteiger partial charge in [0.15, 0.2) is 0 Å². The van der Waals surface area contributed by atoms with Crippen molar-refractivity contribution in [1.82, 2.24) is 5.32 Å². The number of anilines is 3. The molecule has 3 aromatic carbocycles. The molecule has 5 heteroatoms. The second-order valence-electron chi connectivity index (χ2n) is 6.17. The van der Waals surface area contributed by atoms with Crippen LogP contribution in [0.5, 0.6) is 0 Å². The zero-order chi connectivity index (χ0) is 19.8. The summed E-state index contributed by atoms with van der Waals surface area (Å²) in [4.78, 5) is 24.1. The topological polar surface area (TPSA) is 70.2 Å². The molecule has 0 bridgehead atoms. The van der Waals surface area contributed by atoms with Crippen molar-refractivity contribution >= 4 is 35.0 Å². The number of rotatable bonds is 6. The molecule has 5 nitrogen and oxygen atoms in total. The Morgan fingerprint density at radius 1 is 0.714 bits per heavy atom. The lowest BCUT2D eigenvalue weighted by atomic mass is 10.2. The Kier molecular flexibility index (Phi) is 6.21. The maximum Gasteiger partial charge on any atom is 0.272 e. The summed E-state index contributed by atoms with van der Waals surface area (Å²) in [6, 6.07) is 26.5. The molecule has 0 radical (unpaired) electrons. The number of benzene rings is 3. The Morgan fingerprint density at radius 2 is 1.25 bits per heavy atom. The highest BCUT2D eigenvalue weighted by Gasteiger charge is 2.11. The lowest BCUT2D eigenvalue weighted by Crippen LogP contribution is -2.28. The monoisotopic (exact) mass is 371 g/mol. The van der Waals surface area contributed by atoms with Crippen LogP contribution in [0.1, 0.15) is 12.5 Å². The van der Waals surface area contributed by atoms with Gasteiger partial charge in [0.25, 0.3) is 5.91 Å². The predicted octanol–water partition coefficient (Wildman–Crippen LogP) is 4.55. The van der Waals surface area contributed by atoms with Crippen molar-refractivity contribution in [2.24, 2.45) is 0 Å². The maximum atomic E-state index is 12.6. The van der Waals surface area contributed by atoms with E-state index in [0.717, 1.165) is 16.9 Å². The number of hydrogen-bond donors (Lipinski definition) is 3. The molecular formula is C23H21N3O2. The molecule has 3 N–H and O–H groups in total. The lowest BCUT2D eigenvalue weighted by Gasteiger charge is -2.11. The van der Waals surface area contributed by atoms with Crippen molar-refractivity contribution in [2.75, 3.05) is 10.6 Å². The van der Waals surface area contributed by atoms with Gasteiger partial charge in [0.05, 0.1) is 0 Å². The Labute approximate surface area is 164 Å². The van der Waals surface area contributed by atoms with Gasteiger partial charge in [0, 0.05) is 24.0 Å². The smallest absolute Gasteiger partial charge is 0.272 e. The number of carbonyl (C=O) groups is 2. The molecule has 0 spiro atoms. The van der Waals surface area contributed by atoms with Crippen LogP contribution in [0.25, 0.3) is 6.08 Å². The molecule has 0 fully saturated rings. The normalized spacial score (nSPS) is 10.8. The van der Waals surface area contributed by atoms with E-state index in [-0.39, 0.29) is 17.5 Å². The minimum Gasteiger partial charge on any atom is -0.356 e. The lowest BCUT2D eigenvalue weighted by molar-refractivity contribution is -0.120. The zero-order valence-electron chi connectivity index (χ0n) is 15.5. The Bertz CT molecular complexity index is 966. The summed E-state index contributed by atoms with van der Waals surface area (Å²) < 4.78 is 0. The van der Waals surface area contributed by atoms with E-state index < -0.39 is 0 Å². The van der Waals surface area contributed by atoms with Gasteiger partial charge in [-0.25, -0.2) is 0 Å². The van der Waals surface area contributed by atoms with Gasteiger partial charge in [-0.2, -0.15) is 0 Å². The van der Waals surface area contributed by atoms with Crippen molar-refractivity contribution in [3.63, 3.8) is 0 Å². The quantitative estimate of drug-likeness (QED) is 0.557. The number of carbonyl (C=O) groups excluding carboxylic acids is 2. The van der Waals surface area contributed by atoms with Gasteiger partial charge >= 0.3 is 0 Å². The van der Waals surface area contributed by atoms with Gasteiger partial charge < -0.3 is 16.0 Å². The van der Waals surface area contributed by atoms with Gasteiger partial charge in [0.1, 0.15) is 5.70 Å². The average molecular weight is 371 g/mol. The molecule has 0 aliphatic heterocycles. The molecule has 0 heterocycles. The van der Waals surface area contributed by atoms with E-state index >= 15 is 0 Å². The molecule has 0 aliphatic rings. The van der Waals surface area contributed by atoms with Crippen LogP contribution in [0.3, 0.4) is 0 Å². The summed E-state index contributed by atoms with van der Waals surface area (Å²) in [5.74, 6) is -0.692. The molecule has 28 heavy (non-hydrogen) atoms.